The molecule has 0 aromatic carbocycles. The minimum atomic E-state index is 0.214. The summed E-state index contributed by atoms with van der Waals surface area (Å²) in [5.41, 5.74) is 0. The van der Waals surface area contributed by atoms with Crippen LogP contribution in [-0.4, -0.2) is 27.6 Å². The van der Waals surface area contributed by atoms with Gasteiger partial charge in [0, 0.05) is 16.5 Å². The van der Waals surface area contributed by atoms with Gasteiger partial charge in [-0.15, -0.1) is 11.3 Å². The highest BCUT2D eigenvalue weighted by molar-refractivity contribution is 9.10. The Labute approximate surface area is 122 Å². The van der Waals surface area contributed by atoms with E-state index in [4.69, 9.17) is 9.63 Å². The molecule has 0 bridgehead atoms. The van der Waals surface area contributed by atoms with Crippen molar-refractivity contribution in [2.45, 2.75) is 12.7 Å². The van der Waals surface area contributed by atoms with Crippen molar-refractivity contribution in [3.63, 3.8) is 0 Å². The van der Waals surface area contributed by atoms with Crippen LogP contribution in [0.1, 0.15) is 12.8 Å². The van der Waals surface area contributed by atoms with Crippen molar-refractivity contribution in [2.75, 3.05) is 12.4 Å². The Hall–Kier alpha value is -0.370. The number of halogens is 1. The van der Waals surface area contributed by atoms with Crippen molar-refractivity contribution in [2.24, 2.45) is 5.92 Å². The van der Waals surface area contributed by atoms with E-state index in [2.05, 4.69) is 26.1 Å². The Morgan fingerprint density at radius 3 is 3.11 bits per heavy atom. The van der Waals surface area contributed by atoms with Crippen LogP contribution < -0.4 is 0 Å². The maximum absolute atomic E-state index is 8.92. The second-order valence-corrected chi connectivity index (χ2v) is 6.80. The molecule has 2 aromatic rings. The lowest BCUT2D eigenvalue weighted by atomic mass is 10.2. The fourth-order valence-electron chi connectivity index (χ4n) is 1.24. The summed E-state index contributed by atoms with van der Waals surface area (Å²) >= 11 is 6.67. The minimum Gasteiger partial charge on any atom is -0.396 e. The number of aliphatic hydroxyl groups is 1. The number of thioether (sulfide) groups is 1. The predicted octanol–water partition coefficient (Wildman–Crippen LogP) is 3.42. The van der Waals surface area contributed by atoms with Crippen LogP contribution >= 0.6 is 39.0 Å². The maximum atomic E-state index is 8.92. The molecule has 0 aliphatic heterocycles. The van der Waals surface area contributed by atoms with E-state index in [-0.39, 0.29) is 6.61 Å². The lowest BCUT2D eigenvalue weighted by Crippen LogP contribution is -2.03. The third-order valence-electron chi connectivity index (χ3n) is 2.20. The Balaban J connectivity index is 1.90. The van der Waals surface area contributed by atoms with E-state index in [1.165, 1.54) is 0 Å². The highest BCUT2D eigenvalue weighted by atomic mass is 79.9. The van der Waals surface area contributed by atoms with E-state index < -0.39 is 0 Å². The Morgan fingerprint density at radius 2 is 2.44 bits per heavy atom. The topological polar surface area (TPSA) is 59.2 Å². The minimum absolute atomic E-state index is 0.214. The smallest absolute Gasteiger partial charge is 0.236 e. The van der Waals surface area contributed by atoms with Gasteiger partial charge in [-0.05, 0) is 33.7 Å². The molecule has 0 amide bonds. The molecule has 2 heterocycles. The predicted molar refractivity (Wildman–Crippen MR) is 77.7 cm³/mol. The summed E-state index contributed by atoms with van der Waals surface area (Å²) in [6.45, 7) is 2.22. The third kappa shape index (κ3) is 3.81. The van der Waals surface area contributed by atoms with Crippen LogP contribution in [0.2, 0.25) is 0 Å². The average Bonchev–Trinajstić information content (AvgIpc) is 2.97. The average molecular weight is 349 g/mol. The Bertz CT molecular complexity index is 501. The molecule has 18 heavy (non-hydrogen) atoms. The number of thiophene rings is 1. The fourth-order valence-corrected chi connectivity index (χ4v) is 3.51. The number of hydrogen-bond donors (Lipinski definition) is 1. The second kappa shape index (κ2) is 6.70. The molecule has 2 aromatic heterocycles. The molecular weight excluding hydrogens is 336 g/mol. The third-order valence-corrected chi connectivity index (χ3v) is 5.14. The zero-order valence-electron chi connectivity index (χ0n) is 9.80. The van der Waals surface area contributed by atoms with Gasteiger partial charge in [-0.3, -0.25) is 0 Å². The molecule has 7 heteroatoms. The van der Waals surface area contributed by atoms with Crippen molar-refractivity contribution < 1.29 is 9.63 Å². The van der Waals surface area contributed by atoms with Crippen molar-refractivity contribution in [1.82, 2.24) is 10.1 Å². The van der Waals surface area contributed by atoms with Crippen LogP contribution in [-0.2, 0) is 5.75 Å². The summed E-state index contributed by atoms with van der Waals surface area (Å²) in [7, 11) is 0. The molecule has 4 nitrogen and oxygen atoms in total. The van der Waals surface area contributed by atoms with Crippen LogP contribution in [0.15, 0.2) is 20.4 Å². The first-order valence-electron chi connectivity index (χ1n) is 5.44. The molecule has 0 radical (unpaired) electrons. The van der Waals surface area contributed by atoms with Gasteiger partial charge in [-0.2, -0.15) is 16.7 Å². The molecule has 1 atom stereocenters. The lowest BCUT2D eigenvalue weighted by molar-refractivity contribution is 0.250. The van der Waals surface area contributed by atoms with Gasteiger partial charge in [0.05, 0.1) is 10.6 Å². The van der Waals surface area contributed by atoms with Gasteiger partial charge in [-0.25, -0.2) is 0 Å². The van der Waals surface area contributed by atoms with Crippen molar-refractivity contribution in [3.05, 3.63) is 21.8 Å². The van der Waals surface area contributed by atoms with Gasteiger partial charge in [0.1, 0.15) is 0 Å². The van der Waals surface area contributed by atoms with Crippen LogP contribution in [0.3, 0.4) is 0 Å². The van der Waals surface area contributed by atoms with Crippen molar-refractivity contribution >= 4 is 39.0 Å². The quantitative estimate of drug-likeness (QED) is 0.866. The van der Waals surface area contributed by atoms with E-state index in [9.17, 15) is 0 Å². The van der Waals surface area contributed by atoms with Crippen LogP contribution in [0, 0.1) is 5.92 Å². The van der Waals surface area contributed by atoms with E-state index in [1.807, 2.05) is 18.4 Å². The maximum Gasteiger partial charge on any atom is 0.236 e. The van der Waals surface area contributed by atoms with Crippen molar-refractivity contribution in [3.8, 4) is 10.7 Å². The zero-order chi connectivity index (χ0) is 13.0. The van der Waals surface area contributed by atoms with Gasteiger partial charge in [0.25, 0.3) is 0 Å². The van der Waals surface area contributed by atoms with Gasteiger partial charge < -0.3 is 9.63 Å². The van der Waals surface area contributed by atoms with Gasteiger partial charge in [0.15, 0.2) is 0 Å². The molecule has 1 unspecified atom stereocenters. The SMILES string of the molecule is CC(CO)CSCc1nc(-c2cc(Br)cs2)no1. The largest absolute Gasteiger partial charge is 0.396 e. The summed E-state index contributed by atoms with van der Waals surface area (Å²) in [5.74, 6) is 3.13. The second-order valence-electron chi connectivity index (χ2n) is 3.94. The number of aromatic nitrogens is 2. The number of aliphatic hydroxyl groups excluding tert-OH is 1. The molecule has 0 saturated carbocycles. The van der Waals surface area contributed by atoms with E-state index in [0.29, 0.717) is 23.4 Å². The van der Waals surface area contributed by atoms with Gasteiger partial charge in [-0.1, -0.05) is 12.1 Å². The molecule has 1 N–H and O–H groups in total. The Kier molecular flexibility index (Phi) is 5.23. The molecule has 0 fully saturated rings. The van der Waals surface area contributed by atoms with E-state index in [1.54, 1.807) is 23.1 Å². The first kappa shape index (κ1) is 14.0. The standard InChI is InChI=1S/C11H13BrN2O2S2/c1-7(3-15)4-17-6-10-13-11(14-16-10)9-2-8(12)5-18-9/h2,5,7,15H,3-4,6H2,1H3. The van der Waals surface area contributed by atoms with Crippen LogP contribution in [0.4, 0.5) is 0 Å². The summed E-state index contributed by atoms with van der Waals surface area (Å²) < 4.78 is 6.22. The molecule has 2 rings (SSSR count). The summed E-state index contributed by atoms with van der Waals surface area (Å²) in [5, 5.41) is 14.9. The number of nitrogens with zero attached hydrogens (tertiary/aromatic N) is 2. The lowest BCUT2D eigenvalue weighted by Gasteiger charge is -2.04. The first-order valence-corrected chi connectivity index (χ1v) is 8.27. The van der Waals surface area contributed by atoms with Gasteiger partial charge >= 0.3 is 0 Å². The van der Waals surface area contributed by atoms with Crippen LogP contribution in [0.5, 0.6) is 0 Å². The molecule has 0 aliphatic carbocycles. The molecule has 0 saturated heterocycles. The summed E-state index contributed by atoms with van der Waals surface area (Å²) in [6.07, 6.45) is 0. The first-order chi connectivity index (χ1) is 8.69. The van der Waals surface area contributed by atoms with E-state index in [0.717, 1.165) is 15.1 Å². The normalized spacial score (nSPS) is 12.8. The zero-order valence-corrected chi connectivity index (χ0v) is 13.0. The van der Waals surface area contributed by atoms with Crippen molar-refractivity contribution in [1.29, 1.82) is 0 Å². The highest BCUT2D eigenvalue weighted by Gasteiger charge is 2.11. The molecule has 0 aliphatic rings. The summed E-state index contributed by atoms with van der Waals surface area (Å²) in [4.78, 5) is 5.34. The summed E-state index contributed by atoms with van der Waals surface area (Å²) in [6, 6.07) is 1.97. The Morgan fingerprint density at radius 1 is 1.61 bits per heavy atom. The highest BCUT2D eigenvalue weighted by Crippen LogP contribution is 2.28. The molecule has 0 spiro atoms. The molecule has 98 valence electrons. The van der Waals surface area contributed by atoms with E-state index >= 15 is 0 Å². The molecular formula is C11H13BrN2O2S2. The number of rotatable bonds is 6. The van der Waals surface area contributed by atoms with Gasteiger partial charge in [0.2, 0.25) is 11.7 Å². The van der Waals surface area contributed by atoms with Crippen LogP contribution in [0.25, 0.3) is 10.7 Å². The fraction of sp³-hybridized carbons (Fsp3) is 0.455. The number of hydrogen-bond acceptors (Lipinski definition) is 6. The monoisotopic (exact) mass is 348 g/mol.